The van der Waals surface area contributed by atoms with Gasteiger partial charge in [0.15, 0.2) is 0 Å². The van der Waals surface area contributed by atoms with Gasteiger partial charge in [0.2, 0.25) is 0 Å². The second kappa shape index (κ2) is 4.34. The van der Waals surface area contributed by atoms with Gasteiger partial charge in [-0.15, -0.1) is 11.8 Å². The Bertz CT molecular complexity index is 174. The second-order valence-corrected chi connectivity index (χ2v) is 3.06. The maximum absolute atomic E-state index is 4.00. The molecule has 2 heteroatoms. The summed E-state index contributed by atoms with van der Waals surface area (Å²) in [5, 5.41) is 0. The van der Waals surface area contributed by atoms with Crippen molar-refractivity contribution in [1.29, 1.82) is 0 Å². The first-order valence-electron chi connectivity index (χ1n) is 3.25. The molecule has 0 aliphatic heterocycles. The number of pyridine rings is 1. The van der Waals surface area contributed by atoms with E-state index in [1.165, 1.54) is 4.90 Å². The summed E-state index contributed by atoms with van der Waals surface area (Å²) in [6.07, 6.45) is 4.63. The van der Waals surface area contributed by atoms with Gasteiger partial charge < -0.3 is 0 Å². The molecule has 0 aromatic carbocycles. The smallest absolute Gasteiger partial charge is 0.0403 e. The molecule has 1 heterocycles. The van der Waals surface area contributed by atoms with Crippen molar-refractivity contribution < 1.29 is 0 Å². The molecule has 0 bridgehead atoms. The highest BCUT2D eigenvalue weighted by Crippen LogP contribution is 2.15. The van der Waals surface area contributed by atoms with Crippen LogP contribution in [-0.4, -0.2) is 10.7 Å². The van der Waals surface area contributed by atoms with E-state index in [0.717, 1.165) is 12.2 Å². The molecule has 1 radical (unpaired) electrons. The highest BCUT2D eigenvalue weighted by atomic mass is 32.2. The summed E-state index contributed by atoms with van der Waals surface area (Å²) in [6, 6.07) is 4.01. The number of aromatic nitrogens is 1. The van der Waals surface area contributed by atoms with Crippen LogP contribution in [-0.2, 0) is 0 Å². The van der Waals surface area contributed by atoms with E-state index in [-0.39, 0.29) is 0 Å². The Morgan fingerprint density at radius 3 is 3.10 bits per heavy atom. The lowest BCUT2D eigenvalue weighted by Gasteiger charge is -1.95. The largest absolute Gasteiger partial charge is 0.264 e. The second-order valence-electron chi connectivity index (χ2n) is 1.89. The minimum Gasteiger partial charge on any atom is -0.264 e. The average molecular weight is 152 g/mol. The summed E-state index contributed by atoms with van der Waals surface area (Å²) in [7, 11) is 0. The predicted octanol–water partition coefficient (Wildman–Crippen LogP) is 2.40. The quantitative estimate of drug-likeness (QED) is 0.617. The molecule has 1 rings (SSSR count). The monoisotopic (exact) mass is 152 g/mol. The average Bonchev–Trinajstić information content (AvgIpc) is 2.03. The van der Waals surface area contributed by atoms with Crippen molar-refractivity contribution in [2.75, 3.05) is 5.75 Å². The zero-order chi connectivity index (χ0) is 7.23. The van der Waals surface area contributed by atoms with Gasteiger partial charge in [0, 0.05) is 17.3 Å². The zero-order valence-electron chi connectivity index (χ0n) is 5.79. The maximum Gasteiger partial charge on any atom is 0.0403 e. The van der Waals surface area contributed by atoms with Crippen molar-refractivity contribution in [2.45, 2.75) is 11.3 Å². The summed E-state index contributed by atoms with van der Waals surface area (Å²) >= 11 is 1.80. The van der Waals surface area contributed by atoms with Gasteiger partial charge in [-0.1, -0.05) is 6.92 Å². The lowest BCUT2D eigenvalue weighted by atomic mass is 10.5. The molecule has 0 saturated carbocycles. The Balaban J connectivity index is 2.43. The van der Waals surface area contributed by atoms with Crippen LogP contribution in [0.5, 0.6) is 0 Å². The van der Waals surface area contributed by atoms with E-state index in [2.05, 4.69) is 18.0 Å². The molecule has 0 fully saturated rings. The van der Waals surface area contributed by atoms with Gasteiger partial charge in [-0.2, -0.15) is 0 Å². The Labute approximate surface area is 65.9 Å². The molecule has 0 amide bonds. The molecular weight excluding hydrogens is 142 g/mol. The molecule has 1 aromatic rings. The van der Waals surface area contributed by atoms with Crippen LogP contribution in [0.4, 0.5) is 0 Å². The molecule has 1 nitrogen and oxygen atoms in total. The summed E-state index contributed by atoms with van der Waals surface area (Å²) in [5.41, 5.74) is 0. The van der Waals surface area contributed by atoms with Crippen LogP contribution in [0, 0.1) is 6.92 Å². The highest BCUT2D eigenvalue weighted by Gasteiger charge is 1.88. The third-order valence-corrected chi connectivity index (χ3v) is 2.12. The van der Waals surface area contributed by atoms with Crippen LogP contribution >= 0.6 is 11.8 Å². The summed E-state index contributed by atoms with van der Waals surface area (Å²) in [4.78, 5) is 5.22. The molecule has 0 aliphatic rings. The fourth-order valence-electron chi connectivity index (χ4n) is 0.622. The van der Waals surface area contributed by atoms with Crippen LogP contribution in [0.1, 0.15) is 6.42 Å². The van der Waals surface area contributed by atoms with Crippen molar-refractivity contribution >= 4 is 11.8 Å². The van der Waals surface area contributed by atoms with Crippen LogP contribution in [0.15, 0.2) is 29.4 Å². The first kappa shape index (κ1) is 7.61. The first-order valence-corrected chi connectivity index (χ1v) is 4.24. The molecule has 53 valence electrons. The molecular formula is C8H10NS. The SMILES string of the molecule is [CH2]CCSc1cccnc1. The molecule has 0 atom stereocenters. The Hall–Kier alpha value is -0.500. The van der Waals surface area contributed by atoms with Crippen molar-refractivity contribution in [3.05, 3.63) is 31.5 Å². The fraction of sp³-hybridized carbons (Fsp3) is 0.250. The van der Waals surface area contributed by atoms with Gasteiger partial charge in [-0.3, -0.25) is 4.98 Å². The predicted molar refractivity (Wildman–Crippen MR) is 44.9 cm³/mol. The zero-order valence-corrected chi connectivity index (χ0v) is 6.60. The number of hydrogen-bond donors (Lipinski definition) is 0. The lowest BCUT2D eigenvalue weighted by molar-refractivity contribution is 1.21. The van der Waals surface area contributed by atoms with Crippen molar-refractivity contribution in [2.24, 2.45) is 0 Å². The number of hydrogen-bond acceptors (Lipinski definition) is 2. The van der Waals surface area contributed by atoms with Crippen LogP contribution in [0.25, 0.3) is 0 Å². The van der Waals surface area contributed by atoms with Gasteiger partial charge in [-0.05, 0) is 24.3 Å². The summed E-state index contributed by atoms with van der Waals surface area (Å²) < 4.78 is 0. The van der Waals surface area contributed by atoms with Gasteiger partial charge in [-0.25, -0.2) is 0 Å². The Morgan fingerprint density at radius 2 is 2.50 bits per heavy atom. The van der Waals surface area contributed by atoms with Crippen LogP contribution in [0.3, 0.4) is 0 Å². The summed E-state index contributed by atoms with van der Waals surface area (Å²) in [5.74, 6) is 1.08. The number of rotatable bonds is 3. The van der Waals surface area contributed by atoms with E-state index < -0.39 is 0 Å². The third kappa shape index (κ3) is 2.40. The molecule has 0 unspecified atom stereocenters. The van der Waals surface area contributed by atoms with Crippen molar-refractivity contribution in [1.82, 2.24) is 4.98 Å². The summed E-state index contributed by atoms with van der Waals surface area (Å²) in [6.45, 7) is 3.76. The minimum atomic E-state index is 0.972. The number of nitrogens with zero attached hydrogens (tertiary/aromatic N) is 1. The molecule has 1 aromatic heterocycles. The Kier molecular flexibility index (Phi) is 3.30. The van der Waals surface area contributed by atoms with E-state index in [0.29, 0.717) is 0 Å². The Morgan fingerprint density at radius 1 is 1.60 bits per heavy atom. The first-order chi connectivity index (χ1) is 4.93. The third-order valence-electron chi connectivity index (χ3n) is 1.05. The molecule has 0 aliphatic carbocycles. The van der Waals surface area contributed by atoms with Gasteiger partial charge in [0.25, 0.3) is 0 Å². The minimum absolute atomic E-state index is 0.972. The maximum atomic E-state index is 4.00. The van der Waals surface area contributed by atoms with Crippen LogP contribution < -0.4 is 0 Å². The van der Waals surface area contributed by atoms with Gasteiger partial charge >= 0.3 is 0 Å². The fourth-order valence-corrected chi connectivity index (χ4v) is 1.31. The van der Waals surface area contributed by atoms with E-state index in [1.807, 2.05) is 12.3 Å². The molecule has 0 saturated heterocycles. The van der Waals surface area contributed by atoms with E-state index in [4.69, 9.17) is 0 Å². The topological polar surface area (TPSA) is 12.9 Å². The van der Waals surface area contributed by atoms with E-state index in [1.54, 1.807) is 18.0 Å². The van der Waals surface area contributed by atoms with Crippen molar-refractivity contribution in [3.63, 3.8) is 0 Å². The van der Waals surface area contributed by atoms with Crippen molar-refractivity contribution in [3.8, 4) is 0 Å². The molecule has 10 heavy (non-hydrogen) atoms. The van der Waals surface area contributed by atoms with Gasteiger partial charge in [0.1, 0.15) is 0 Å². The normalized spacial score (nSPS) is 9.70. The van der Waals surface area contributed by atoms with Gasteiger partial charge in [0.05, 0.1) is 0 Å². The molecule has 0 N–H and O–H groups in total. The van der Waals surface area contributed by atoms with E-state index in [9.17, 15) is 0 Å². The standard InChI is InChI=1S/C8H10NS/c1-2-6-10-8-4-3-5-9-7-8/h3-5,7H,1-2,6H2. The lowest BCUT2D eigenvalue weighted by Crippen LogP contribution is -1.76. The molecule has 0 spiro atoms. The van der Waals surface area contributed by atoms with Crippen LogP contribution in [0.2, 0.25) is 0 Å². The highest BCUT2D eigenvalue weighted by molar-refractivity contribution is 7.99. The van der Waals surface area contributed by atoms with E-state index >= 15 is 0 Å². The number of thioether (sulfide) groups is 1.